The van der Waals surface area contributed by atoms with E-state index in [2.05, 4.69) is 5.32 Å². The number of piperidine rings is 1. The lowest BCUT2D eigenvalue weighted by atomic mass is 9.89. The Morgan fingerprint density at radius 3 is 2.55 bits per heavy atom. The fourth-order valence-electron chi connectivity index (χ4n) is 2.42. The molecule has 0 spiro atoms. The van der Waals surface area contributed by atoms with Gasteiger partial charge in [0.1, 0.15) is 0 Å². The van der Waals surface area contributed by atoms with E-state index < -0.39 is 12.1 Å². The number of carbonyl (C=O) groups excluding carboxylic acids is 1. The van der Waals surface area contributed by atoms with E-state index >= 15 is 0 Å². The number of carbonyl (C=O) groups is 1. The zero-order chi connectivity index (χ0) is 15.5. The molecule has 1 amide bonds. The predicted octanol–water partition coefficient (Wildman–Crippen LogP) is 3.41. The molecule has 0 aliphatic carbocycles. The molecule has 1 fully saturated rings. The Morgan fingerprint density at radius 1 is 1.32 bits per heavy atom. The fourth-order valence-corrected chi connectivity index (χ4v) is 2.60. The van der Waals surface area contributed by atoms with Gasteiger partial charge >= 0.3 is 12.1 Å². The zero-order valence-corrected chi connectivity index (χ0v) is 13.2. The monoisotopic (exact) mass is 356 g/mol. The van der Waals surface area contributed by atoms with Gasteiger partial charge in [0, 0.05) is 11.6 Å². The van der Waals surface area contributed by atoms with E-state index in [0.29, 0.717) is 16.5 Å². The van der Waals surface area contributed by atoms with Crippen molar-refractivity contribution in [3.05, 3.63) is 34.3 Å². The minimum absolute atomic E-state index is 0. The van der Waals surface area contributed by atoms with Crippen molar-refractivity contribution >= 4 is 29.9 Å². The second-order valence-electron chi connectivity index (χ2n) is 5.06. The van der Waals surface area contributed by atoms with Gasteiger partial charge in [0.05, 0.1) is 0 Å². The highest BCUT2D eigenvalue weighted by Gasteiger charge is 2.38. The van der Waals surface area contributed by atoms with Crippen molar-refractivity contribution < 1.29 is 18.0 Å². The second kappa shape index (κ2) is 8.04. The minimum atomic E-state index is -4.88. The average Bonchev–Trinajstić information content (AvgIpc) is 2.46. The zero-order valence-electron chi connectivity index (χ0n) is 11.7. The van der Waals surface area contributed by atoms with Gasteiger partial charge in [-0.2, -0.15) is 13.2 Å². The van der Waals surface area contributed by atoms with Crippen molar-refractivity contribution in [3.8, 4) is 0 Å². The highest BCUT2D eigenvalue weighted by Crippen LogP contribution is 2.28. The van der Waals surface area contributed by atoms with Crippen LogP contribution in [0.1, 0.15) is 29.9 Å². The van der Waals surface area contributed by atoms with Crippen molar-refractivity contribution in [2.75, 3.05) is 13.1 Å². The Kier molecular flexibility index (Phi) is 6.97. The average molecular weight is 357 g/mol. The molecule has 22 heavy (non-hydrogen) atoms. The van der Waals surface area contributed by atoms with Crippen molar-refractivity contribution in [1.29, 1.82) is 0 Å². The van der Waals surface area contributed by atoms with E-state index in [1.807, 2.05) is 11.4 Å². The summed E-state index contributed by atoms with van der Waals surface area (Å²) in [6, 6.07) is 5.36. The number of rotatable bonds is 3. The quantitative estimate of drug-likeness (QED) is 0.871. The molecule has 1 heterocycles. The summed E-state index contributed by atoms with van der Waals surface area (Å²) >= 11 is 5.99. The molecule has 124 valence electrons. The molecule has 0 radical (unpaired) electrons. The lowest BCUT2D eigenvalue weighted by Crippen LogP contribution is -2.36. The molecule has 0 aromatic heterocycles. The summed E-state index contributed by atoms with van der Waals surface area (Å²) in [4.78, 5) is 10.8. The van der Waals surface area contributed by atoms with Crippen LogP contribution in [-0.4, -0.2) is 25.2 Å². The van der Waals surface area contributed by atoms with Crippen LogP contribution >= 0.6 is 24.0 Å². The van der Waals surface area contributed by atoms with E-state index in [0.717, 1.165) is 31.5 Å². The smallest absolute Gasteiger partial charge is 0.344 e. The Bertz CT molecular complexity index is 517. The van der Waals surface area contributed by atoms with E-state index in [1.54, 1.807) is 12.1 Å². The maximum Gasteiger partial charge on any atom is 0.471 e. The molecule has 0 unspecified atom stereocenters. The van der Waals surface area contributed by atoms with Crippen LogP contribution in [0.5, 0.6) is 0 Å². The maximum atomic E-state index is 12.2. The van der Waals surface area contributed by atoms with Gasteiger partial charge in [-0.3, -0.25) is 4.79 Å². The highest BCUT2D eigenvalue weighted by molar-refractivity contribution is 6.31. The van der Waals surface area contributed by atoms with Crippen LogP contribution in [-0.2, 0) is 11.3 Å². The molecule has 0 saturated carbocycles. The van der Waals surface area contributed by atoms with Crippen molar-refractivity contribution in [2.45, 2.75) is 31.5 Å². The summed E-state index contributed by atoms with van der Waals surface area (Å²) in [5.41, 5.74) is 1.56. The first-order valence-corrected chi connectivity index (χ1v) is 7.10. The Labute approximate surface area is 138 Å². The van der Waals surface area contributed by atoms with Crippen LogP contribution in [0.25, 0.3) is 0 Å². The number of amides is 1. The topological polar surface area (TPSA) is 41.1 Å². The number of alkyl halides is 3. The SMILES string of the molecule is Cl.O=C(NCc1cc(C2CCNCC2)ccc1Cl)C(F)(F)F. The Morgan fingerprint density at radius 2 is 1.95 bits per heavy atom. The molecular weight excluding hydrogens is 340 g/mol. The van der Waals surface area contributed by atoms with Crippen molar-refractivity contribution in [3.63, 3.8) is 0 Å². The Hall–Kier alpha value is -0.980. The molecule has 1 aromatic rings. The van der Waals surface area contributed by atoms with E-state index in [9.17, 15) is 18.0 Å². The summed E-state index contributed by atoms with van der Waals surface area (Å²) in [5, 5.41) is 5.46. The summed E-state index contributed by atoms with van der Waals surface area (Å²) in [6.07, 6.45) is -2.91. The van der Waals surface area contributed by atoms with Gasteiger partial charge in [0.2, 0.25) is 0 Å². The van der Waals surface area contributed by atoms with Gasteiger partial charge in [-0.25, -0.2) is 0 Å². The molecule has 2 rings (SSSR count). The molecule has 1 saturated heterocycles. The molecule has 0 bridgehead atoms. The number of halogens is 5. The lowest BCUT2D eigenvalue weighted by molar-refractivity contribution is -0.173. The predicted molar refractivity (Wildman–Crippen MR) is 81.4 cm³/mol. The van der Waals surface area contributed by atoms with Crippen LogP contribution in [0.4, 0.5) is 13.2 Å². The molecule has 2 N–H and O–H groups in total. The van der Waals surface area contributed by atoms with Crippen molar-refractivity contribution in [1.82, 2.24) is 10.6 Å². The molecule has 8 heteroatoms. The van der Waals surface area contributed by atoms with E-state index in [-0.39, 0.29) is 19.0 Å². The first-order chi connectivity index (χ1) is 9.88. The highest BCUT2D eigenvalue weighted by atomic mass is 35.5. The van der Waals surface area contributed by atoms with Gasteiger partial charge in [-0.05, 0) is 49.0 Å². The standard InChI is InChI=1S/C14H16ClF3N2O.ClH/c15-12-2-1-10(9-3-5-19-6-4-9)7-11(12)8-20-13(21)14(16,17)18;/h1-2,7,9,19H,3-6,8H2,(H,20,21);1H. The largest absolute Gasteiger partial charge is 0.471 e. The maximum absolute atomic E-state index is 12.2. The first kappa shape index (κ1) is 19.1. The van der Waals surface area contributed by atoms with Gasteiger partial charge in [-0.15, -0.1) is 12.4 Å². The number of nitrogens with one attached hydrogen (secondary N) is 2. The van der Waals surface area contributed by atoms with Gasteiger partial charge in [0.15, 0.2) is 0 Å². The summed E-state index contributed by atoms with van der Waals surface area (Å²) in [7, 11) is 0. The lowest BCUT2D eigenvalue weighted by Gasteiger charge is -2.23. The third kappa shape index (κ3) is 5.04. The summed E-state index contributed by atoms with van der Waals surface area (Å²) in [5.74, 6) is -1.58. The molecule has 1 aromatic carbocycles. The first-order valence-electron chi connectivity index (χ1n) is 6.72. The second-order valence-corrected chi connectivity index (χ2v) is 5.46. The van der Waals surface area contributed by atoms with Gasteiger partial charge < -0.3 is 10.6 Å². The Balaban J connectivity index is 0.00000242. The van der Waals surface area contributed by atoms with Crippen LogP contribution in [0, 0.1) is 0 Å². The third-order valence-electron chi connectivity index (χ3n) is 3.58. The summed E-state index contributed by atoms with van der Waals surface area (Å²) < 4.78 is 36.5. The van der Waals surface area contributed by atoms with Crippen LogP contribution < -0.4 is 10.6 Å². The number of hydrogen-bond donors (Lipinski definition) is 2. The molecule has 1 aliphatic rings. The van der Waals surface area contributed by atoms with E-state index in [1.165, 1.54) is 0 Å². The fraction of sp³-hybridized carbons (Fsp3) is 0.500. The molecule has 1 aliphatic heterocycles. The van der Waals surface area contributed by atoms with E-state index in [4.69, 9.17) is 11.6 Å². The molecule has 0 atom stereocenters. The minimum Gasteiger partial charge on any atom is -0.344 e. The summed E-state index contributed by atoms with van der Waals surface area (Å²) in [6.45, 7) is 1.62. The molecule has 3 nitrogen and oxygen atoms in total. The van der Waals surface area contributed by atoms with Crippen LogP contribution in [0.3, 0.4) is 0 Å². The van der Waals surface area contributed by atoms with Gasteiger partial charge in [-0.1, -0.05) is 23.7 Å². The van der Waals surface area contributed by atoms with Crippen molar-refractivity contribution in [2.24, 2.45) is 0 Å². The number of benzene rings is 1. The third-order valence-corrected chi connectivity index (χ3v) is 3.95. The van der Waals surface area contributed by atoms with Crippen LogP contribution in [0.15, 0.2) is 18.2 Å². The number of hydrogen-bond acceptors (Lipinski definition) is 2. The molecular formula is C14H17Cl2F3N2O. The normalized spacial score (nSPS) is 16.0. The van der Waals surface area contributed by atoms with Crippen LogP contribution in [0.2, 0.25) is 5.02 Å². The van der Waals surface area contributed by atoms with Gasteiger partial charge in [0.25, 0.3) is 0 Å².